The lowest BCUT2D eigenvalue weighted by molar-refractivity contribution is 0.350. The number of rotatable bonds is 2. The zero-order valence-electron chi connectivity index (χ0n) is 11.2. The first-order chi connectivity index (χ1) is 10.3. The van der Waals surface area contributed by atoms with E-state index in [1.807, 2.05) is 46.5 Å². The molecule has 0 aliphatic carbocycles. The molecule has 0 unspecified atom stereocenters. The Kier molecular flexibility index (Phi) is 3.87. The predicted molar refractivity (Wildman–Crippen MR) is 85.6 cm³/mol. The van der Waals surface area contributed by atoms with Crippen molar-refractivity contribution in [2.75, 3.05) is 6.61 Å². The molecule has 2 aromatic heterocycles. The van der Waals surface area contributed by atoms with E-state index in [0.29, 0.717) is 6.54 Å². The molecule has 0 aliphatic rings. The van der Waals surface area contributed by atoms with E-state index in [9.17, 15) is 4.79 Å². The number of thiophene rings is 1. The number of aliphatic hydroxyl groups is 1. The summed E-state index contributed by atoms with van der Waals surface area (Å²) in [7, 11) is 0. The summed E-state index contributed by atoms with van der Waals surface area (Å²) in [6.07, 6.45) is 1.81. The number of para-hydroxylation sites is 1. The van der Waals surface area contributed by atoms with Crippen LogP contribution >= 0.6 is 11.3 Å². The van der Waals surface area contributed by atoms with Gasteiger partial charge in [-0.05, 0) is 23.6 Å². The Morgan fingerprint density at radius 1 is 1.19 bits per heavy atom. The van der Waals surface area contributed by atoms with E-state index in [0.717, 1.165) is 21.3 Å². The van der Waals surface area contributed by atoms with Gasteiger partial charge in [0.2, 0.25) is 0 Å². The van der Waals surface area contributed by atoms with E-state index >= 15 is 0 Å². The highest BCUT2D eigenvalue weighted by molar-refractivity contribution is 7.10. The van der Waals surface area contributed by atoms with Gasteiger partial charge in [0.25, 0.3) is 0 Å². The average Bonchev–Trinajstić information content (AvgIpc) is 2.95. The summed E-state index contributed by atoms with van der Waals surface area (Å²) >= 11 is 1.62. The van der Waals surface area contributed by atoms with Crippen LogP contribution in [0.25, 0.3) is 10.9 Å². The van der Waals surface area contributed by atoms with E-state index in [1.165, 1.54) is 0 Å². The second-order valence-electron chi connectivity index (χ2n) is 4.54. The molecular weight excluding hydrogens is 282 g/mol. The molecule has 104 valence electrons. The van der Waals surface area contributed by atoms with Crippen molar-refractivity contribution in [3.63, 3.8) is 0 Å². The summed E-state index contributed by atoms with van der Waals surface area (Å²) in [6.45, 7) is 0.518. The molecule has 3 nitrogen and oxygen atoms in total. The molecule has 2 heterocycles. The summed E-state index contributed by atoms with van der Waals surface area (Å²) in [5.41, 5.74) is 1.88. The molecular formula is C17H13NO2S. The largest absolute Gasteiger partial charge is 0.384 e. The van der Waals surface area contributed by atoms with Gasteiger partial charge in [-0.3, -0.25) is 4.79 Å². The highest BCUT2D eigenvalue weighted by atomic mass is 32.1. The summed E-state index contributed by atoms with van der Waals surface area (Å²) in [6, 6.07) is 11.1. The molecule has 0 fully saturated rings. The van der Waals surface area contributed by atoms with Gasteiger partial charge in [0.05, 0.1) is 12.1 Å². The number of pyridine rings is 1. The van der Waals surface area contributed by atoms with Crippen LogP contribution in [0.1, 0.15) is 10.4 Å². The van der Waals surface area contributed by atoms with Gasteiger partial charge in [-0.2, -0.15) is 0 Å². The lowest BCUT2D eigenvalue weighted by Crippen LogP contribution is -2.08. The van der Waals surface area contributed by atoms with Crippen LogP contribution in [0.2, 0.25) is 0 Å². The number of hydrogen-bond acceptors (Lipinski definition) is 3. The lowest BCUT2D eigenvalue weighted by atomic mass is 10.2. The highest BCUT2D eigenvalue weighted by Gasteiger charge is 2.06. The van der Waals surface area contributed by atoms with E-state index in [4.69, 9.17) is 5.11 Å². The van der Waals surface area contributed by atoms with Crippen LogP contribution in [0.4, 0.5) is 0 Å². The van der Waals surface area contributed by atoms with Gasteiger partial charge in [-0.15, -0.1) is 11.3 Å². The summed E-state index contributed by atoms with van der Waals surface area (Å²) in [5, 5.41) is 11.5. The Labute approximate surface area is 126 Å². The van der Waals surface area contributed by atoms with Crippen LogP contribution in [0.5, 0.6) is 0 Å². The SMILES string of the molecule is O=c1ccn(Cc2sccc2C#CCO)c2ccccc12. The Morgan fingerprint density at radius 3 is 2.90 bits per heavy atom. The van der Waals surface area contributed by atoms with E-state index in [-0.39, 0.29) is 12.0 Å². The molecule has 1 N–H and O–H groups in total. The Balaban J connectivity index is 2.05. The number of hydrogen-bond donors (Lipinski definition) is 1. The molecule has 0 saturated heterocycles. The molecule has 3 aromatic rings. The van der Waals surface area contributed by atoms with Crippen LogP contribution in [-0.4, -0.2) is 16.3 Å². The molecule has 21 heavy (non-hydrogen) atoms. The van der Waals surface area contributed by atoms with Gasteiger partial charge >= 0.3 is 0 Å². The van der Waals surface area contributed by atoms with Gasteiger partial charge in [0.15, 0.2) is 5.43 Å². The van der Waals surface area contributed by atoms with Crippen LogP contribution in [0.3, 0.4) is 0 Å². The van der Waals surface area contributed by atoms with Gasteiger partial charge < -0.3 is 9.67 Å². The molecule has 0 amide bonds. The number of aliphatic hydroxyl groups excluding tert-OH is 1. The molecule has 1 aromatic carbocycles. The number of nitrogens with zero attached hydrogens (tertiary/aromatic N) is 1. The van der Waals surface area contributed by atoms with Crippen LogP contribution in [-0.2, 0) is 6.54 Å². The van der Waals surface area contributed by atoms with Crippen LogP contribution < -0.4 is 5.43 Å². The normalized spacial score (nSPS) is 10.3. The zero-order valence-corrected chi connectivity index (χ0v) is 12.1. The van der Waals surface area contributed by atoms with Gasteiger partial charge in [-0.1, -0.05) is 24.0 Å². The third-order valence-corrected chi connectivity index (χ3v) is 4.15. The van der Waals surface area contributed by atoms with E-state index < -0.39 is 0 Å². The van der Waals surface area contributed by atoms with Gasteiger partial charge in [0.1, 0.15) is 6.61 Å². The van der Waals surface area contributed by atoms with Gasteiger partial charge in [-0.25, -0.2) is 0 Å². The maximum atomic E-state index is 11.9. The smallest absolute Gasteiger partial charge is 0.189 e. The second-order valence-corrected chi connectivity index (χ2v) is 5.54. The Hall–Kier alpha value is -2.35. The third-order valence-electron chi connectivity index (χ3n) is 3.25. The summed E-state index contributed by atoms with van der Waals surface area (Å²) < 4.78 is 2.05. The van der Waals surface area contributed by atoms with Crippen molar-refractivity contribution in [2.24, 2.45) is 0 Å². The minimum atomic E-state index is -0.143. The fourth-order valence-corrected chi connectivity index (χ4v) is 3.09. The van der Waals surface area contributed by atoms with Crippen molar-refractivity contribution < 1.29 is 5.11 Å². The van der Waals surface area contributed by atoms with Gasteiger partial charge in [0, 0.05) is 28.1 Å². The standard InChI is InChI=1S/C17H13NO2S/c19-10-3-4-13-8-11-21-17(13)12-18-9-7-16(20)14-5-1-2-6-15(14)18/h1-2,5-9,11,19H,10,12H2. The van der Waals surface area contributed by atoms with Crippen molar-refractivity contribution in [1.29, 1.82) is 0 Å². The molecule has 0 saturated carbocycles. The first-order valence-corrected chi connectivity index (χ1v) is 7.42. The number of fused-ring (bicyclic) bond motifs is 1. The molecule has 0 atom stereocenters. The fourth-order valence-electron chi connectivity index (χ4n) is 2.26. The fraction of sp³-hybridized carbons (Fsp3) is 0.118. The van der Waals surface area contributed by atoms with Crippen molar-refractivity contribution in [3.05, 3.63) is 68.6 Å². The predicted octanol–water partition coefficient (Wildman–Crippen LogP) is 2.46. The topological polar surface area (TPSA) is 42.2 Å². The summed E-state index contributed by atoms with van der Waals surface area (Å²) in [5.74, 6) is 5.63. The third kappa shape index (κ3) is 2.75. The molecule has 3 rings (SSSR count). The number of benzene rings is 1. The lowest BCUT2D eigenvalue weighted by Gasteiger charge is -2.09. The molecule has 0 radical (unpaired) electrons. The maximum absolute atomic E-state index is 11.9. The molecule has 0 bridgehead atoms. The quantitative estimate of drug-likeness (QED) is 0.738. The Bertz CT molecular complexity index is 896. The zero-order chi connectivity index (χ0) is 14.7. The average molecular weight is 295 g/mol. The second kappa shape index (κ2) is 5.96. The van der Waals surface area contributed by atoms with Crippen LogP contribution in [0, 0.1) is 11.8 Å². The first kappa shape index (κ1) is 13.6. The van der Waals surface area contributed by atoms with Crippen molar-refractivity contribution in [3.8, 4) is 11.8 Å². The molecule has 0 aliphatic heterocycles. The van der Waals surface area contributed by atoms with E-state index in [2.05, 4.69) is 11.8 Å². The number of aromatic nitrogens is 1. The minimum Gasteiger partial charge on any atom is -0.384 e. The van der Waals surface area contributed by atoms with Crippen molar-refractivity contribution >= 4 is 22.2 Å². The minimum absolute atomic E-state index is 0.0355. The van der Waals surface area contributed by atoms with Crippen LogP contribution in [0.15, 0.2) is 52.8 Å². The van der Waals surface area contributed by atoms with E-state index in [1.54, 1.807) is 17.4 Å². The highest BCUT2D eigenvalue weighted by Crippen LogP contribution is 2.19. The maximum Gasteiger partial charge on any atom is 0.189 e. The molecule has 0 spiro atoms. The van der Waals surface area contributed by atoms with Crippen molar-refractivity contribution in [1.82, 2.24) is 4.57 Å². The van der Waals surface area contributed by atoms with Crippen molar-refractivity contribution in [2.45, 2.75) is 6.54 Å². The molecule has 4 heteroatoms. The Morgan fingerprint density at radius 2 is 2.05 bits per heavy atom. The first-order valence-electron chi connectivity index (χ1n) is 6.54. The monoisotopic (exact) mass is 295 g/mol. The summed E-state index contributed by atoms with van der Waals surface area (Å²) in [4.78, 5) is 13.0.